The van der Waals surface area contributed by atoms with Gasteiger partial charge in [0.25, 0.3) is 0 Å². The van der Waals surface area contributed by atoms with Gasteiger partial charge in [-0.15, -0.1) is 0 Å². The summed E-state index contributed by atoms with van der Waals surface area (Å²) >= 11 is 0. The van der Waals surface area contributed by atoms with Crippen LogP contribution in [0, 0.1) is 0 Å². The van der Waals surface area contributed by atoms with Crippen molar-refractivity contribution in [3.8, 4) is 5.88 Å². The van der Waals surface area contributed by atoms with Gasteiger partial charge in [-0.1, -0.05) is 6.07 Å². The average Bonchev–Trinajstić information content (AvgIpc) is 2.85. The van der Waals surface area contributed by atoms with E-state index < -0.39 is 0 Å². The molecule has 0 aliphatic carbocycles. The van der Waals surface area contributed by atoms with Crippen LogP contribution in [0.15, 0.2) is 18.3 Å². The predicted molar refractivity (Wildman–Crippen MR) is 72.7 cm³/mol. The van der Waals surface area contributed by atoms with Crippen molar-refractivity contribution in [3.05, 3.63) is 23.9 Å². The SMILES string of the molecule is COc1ncccc1CNC1CCN(C(C)C)C1. The summed E-state index contributed by atoms with van der Waals surface area (Å²) in [7, 11) is 1.67. The van der Waals surface area contributed by atoms with Crippen molar-refractivity contribution >= 4 is 0 Å². The van der Waals surface area contributed by atoms with E-state index in [1.165, 1.54) is 13.0 Å². The van der Waals surface area contributed by atoms with Crippen LogP contribution in [0.4, 0.5) is 0 Å². The van der Waals surface area contributed by atoms with Crippen LogP contribution in [0.1, 0.15) is 25.8 Å². The summed E-state index contributed by atoms with van der Waals surface area (Å²) in [5.74, 6) is 0.726. The van der Waals surface area contributed by atoms with Crippen molar-refractivity contribution < 1.29 is 4.74 Å². The lowest BCUT2D eigenvalue weighted by Gasteiger charge is -2.20. The van der Waals surface area contributed by atoms with E-state index in [9.17, 15) is 0 Å². The van der Waals surface area contributed by atoms with Crippen LogP contribution >= 0.6 is 0 Å². The number of pyridine rings is 1. The van der Waals surface area contributed by atoms with Crippen molar-refractivity contribution in [1.29, 1.82) is 0 Å². The minimum absolute atomic E-state index is 0.581. The molecule has 0 amide bonds. The number of nitrogens with zero attached hydrogens (tertiary/aromatic N) is 2. The van der Waals surface area contributed by atoms with Gasteiger partial charge in [-0.2, -0.15) is 0 Å². The Morgan fingerprint density at radius 3 is 3.06 bits per heavy atom. The molecule has 4 heteroatoms. The highest BCUT2D eigenvalue weighted by atomic mass is 16.5. The maximum atomic E-state index is 5.26. The van der Waals surface area contributed by atoms with Crippen LogP contribution in [0.3, 0.4) is 0 Å². The number of ether oxygens (including phenoxy) is 1. The van der Waals surface area contributed by atoms with Crippen LogP contribution in [-0.4, -0.2) is 42.2 Å². The fraction of sp³-hybridized carbons (Fsp3) is 0.643. The van der Waals surface area contributed by atoms with Gasteiger partial charge < -0.3 is 10.1 Å². The minimum Gasteiger partial charge on any atom is -0.481 e. The van der Waals surface area contributed by atoms with E-state index in [0.717, 1.165) is 24.5 Å². The number of methoxy groups -OCH3 is 1. The molecule has 18 heavy (non-hydrogen) atoms. The molecule has 1 unspecified atom stereocenters. The lowest BCUT2D eigenvalue weighted by Crippen LogP contribution is -2.34. The Hall–Kier alpha value is -1.13. The topological polar surface area (TPSA) is 37.4 Å². The highest BCUT2D eigenvalue weighted by Gasteiger charge is 2.23. The fourth-order valence-electron chi connectivity index (χ4n) is 2.42. The normalized spacial score (nSPS) is 20.6. The molecule has 0 bridgehead atoms. The molecule has 0 spiro atoms. The van der Waals surface area contributed by atoms with Gasteiger partial charge in [0, 0.05) is 36.9 Å². The summed E-state index contributed by atoms with van der Waals surface area (Å²) in [6, 6.07) is 5.24. The number of nitrogens with one attached hydrogen (secondary N) is 1. The smallest absolute Gasteiger partial charge is 0.217 e. The Balaban J connectivity index is 1.85. The van der Waals surface area contributed by atoms with Gasteiger partial charge in [0.1, 0.15) is 0 Å². The van der Waals surface area contributed by atoms with Gasteiger partial charge in [0.05, 0.1) is 7.11 Å². The zero-order chi connectivity index (χ0) is 13.0. The summed E-state index contributed by atoms with van der Waals surface area (Å²) in [6.45, 7) is 7.67. The average molecular weight is 249 g/mol. The molecule has 0 saturated carbocycles. The molecule has 100 valence electrons. The minimum atomic E-state index is 0.581. The van der Waals surface area contributed by atoms with E-state index in [1.807, 2.05) is 6.07 Å². The van der Waals surface area contributed by atoms with Gasteiger partial charge >= 0.3 is 0 Å². The molecule has 1 aromatic rings. The van der Waals surface area contributed by atoms with Gasteiger partial charge in [-0.25, -0.2) is 4.98 Å². The maximum Gasteiger partial charge on any atom is 0.217 e. The number of likely N-dealkylation sites (tertiary alicyclic amines) is 1. The lowest BCUT2D eigenvalue weighted by atomic mass is 10.2. The van der Waals surface area contributed by atoms with Gasteiger partial charge in [0.2, 0.25) is 5.88 Å². The Bertz CT molecular complexity index is 381. The first kappa shape index (κ1) is 13.3. The predicted octanol–water partition coefficient (Wildman–Crippen LogP) is 1.66. The third kappa shape index (κ3) is 3.21. The van der Waals surface area contributed by atoms with Gasteiger partial charge in [-0.05, 0) is 32.9 Å². The molecule has 1 aliphatic rings. The Labute approximate surface area is 109 Å². The Kier molecular flexibility index (Phi) is 4.55. The molecular weight excluding hydrogens is 226 g/mol. The second-order valence-electron chi connectivity index (χ2n) is 5.13. The molecule has 1 N–H and O–H groups in total. The van der Waals surface area contributed by atoms with E-state index >= 15 is 0 Å². The molecule has 4 nitrogen and oxygen atoms in total. The van der Waals surface area contributed by atoms with Crippen LogP contribution in [-0.2, 0) is 6.54 Å². The van der Waals surface area contributed by atoms with Crippen molar-refractivity contribution in [2.75, 3.05) is 20.2 Å². The molecule has 1 saturated heterocycles. The molecule has 1 fully saturated rings. The van der Waals surface area contributed by atoms with Crippen LogP contribution in [0.5, 0.6) is 5.88 Å². The van der Waals surface area contributed by atoms with Crippen LogP contribution in [0.25, 0.3) is 0 Å². The lowest BCUT2D eigenvalue weighted by molar-refractivity contribution is 0.268. The molecule has 2 heterocycles. The zero-order valence-electron chi connectivity index (χ0n) is 11.5. The standard InChI is InChI=1S/C14H23N3O/c1-11(2)17-8-6-13(10-17)16-9-12-5-4-7-15-14(12)18-3/h4-5,7,11,13,16H,6,8-10H2,1-3H3. The zero-order valence-corrected chi connectivity index (χ0v) is 11.5. The quantitative estimate of drug-likeness (QED) is 0.861. The monoisotopic (exact) mass is 249 g/mol. The summed E-state index contributed by atoms with van der Waals surface area (Å²) in [4.78, 5) is 6.72. The summed E-state index contributed by atoms with van der Waals surface area (Å²) in [5, 5.41) is 3.60. The van der Waals surface area contributed by atoms with E-state index in [0.29, 0.717) is 12.1 Å². The van der Waals surface area contributed by atoms with E-state index in [2.05, 4.69) is 35.1 Å². The second-order valence-corrected chi connectivity index (χ2v) is 5.13. The van der Waals surface area contributed by atoms with Gasteiger partial charge in [-0.3, -0.25) is 4.90 Å². The maximum absolute atomic E-state index is 5.26. The number of aromatic nitrogens is 1. The van der Waals surface area contributed by atoms with Crippen LogP contribution < -0.4 is 10.1 Å². The third-order valence-corrected chi connectivity index (χ3v) is 3.57. The molecule has 1 aliphatic heterocycles. The summed E-state index contributed by atoms with van der Waals surface area (Å²) in [6.07, 6.45) is 2.99. The number of hydrogen-bond acceptors (Lipinski definition) is 4. The summed E-state index contributed by atoms with van der Waals surface area (Å²) < 4.78 is 5.26. The first-order chi connectivity index (χ1) is 8.70. The fourth-order valence-corrected chi connectivity index (χ4v) is 2.42. The molecule has 1 aromatic heterocycles. The van der Waals surface area contributed by atoms with Crippen molar-refractivity contribution in [1.82, 2.24) is 15.2 Å². The summed E-state index contributed by atoms with van der Waals surface area (Å²) in [5.41, 5.74) is 1.13. The van der Waals surface area contributed by atoms with E-state index in [-0.39, 0.29) is 0 Å². The van der Waals surface area contributed by atoms with Crippen molar-refractivity contribution in [3.63, 3.8) is 0 Å². The molecule has 0 radical (unpaired) electrons. The Morgan fingerprint density at radius 2 is 2.39 bits per heavy atom. The number of rotatable bonds is 5. The van der Waals surface area contributed by atoms with Crippen LogP contribution in [0.2, 0.25) is 0 Å². The molecule has 2 rings (SSSR count). The largest absolute Gasteiger partial charge is 0.481 e. The molecule has 0 aromatic carbocycles. The highest BCUT2D eigenvalue weighted by Crippen LogP contribution is 2.16. The van der Waals surface area contributed by atoms with Crippen molar-refractivity contribution in [2.45, 2.75) is 38.9 Å². The molecule has 1 atom stereocenters. The molecular formula is C14H23N3O. The third-order valence-electron chi connectivity index (χ3n) is 3.57. The first-order valence-electron chi connectivity index (χ1n) is 6.66. The van der Waals surface area contributed by atoms with E-state index in [4.69, 9.17) is 4.74 Å². The van der Waals surface area contributed by atoms with E-state index in [1.54, 1.807) is 13.3 Å². The van der Waals surface area contributed by atoms with Gasteiger partial charge in [0.15, 0.2) is 0 Å². The second kappa shape index (κ2) is 6.16. The first-order valence-corrected chi connectivity index (χ1v) is 6.66. The highest BCUT2D eigenvalue weighted by molar-refractivity contribution is 5.25. The van der Waals surface area contributed by atoms with Crippen molar-refractivity contribution in [2.24, 2.45) is 0 Å². The Morgan fingerprint density at radius 1 is 1.56 bits per heavy atom. The number of hydrogen-bond donors (Lipinski definition) is 1.